The van der Waals surface area contributed by atoms with Crippen molar-refractivity contribution in [3.05, 3.63) is 64.7 Å². The molecule has 3 heterocycles. The van der Waals surface area contributed by atoms with Crippen LogP contribution in [0.15, 0.2) is 53.6 Å². The quantitative estimate of drug-likeness (QED) is 0.481. The number of aryl methyl sites for hydroxylation is 1. The second-order valence-electron chi connectivity index (χ2n) is 6.13. The molecule has 0 radical (unpaired) electrons. The standard InChI is InChI=1S/C19H13ClN6/c1-11-6-7-12-9-13-10-21-26-18(14-4-2-3-5-15(14)20)24-25-19(26)23-17(13)22-16(12)8-11/h2-10H,1H3,(H,22,23,25). The minimum atomic E-state index is 0.495. The highest BCUT2D eigenvalue weighted by Gasteiger charge is 2.19. The van der Waals surface area contributed by atoms with Crippen molar-refractivity contribution in [2.45, 2.75) is 6.92 Å². The molecule has 0 saturated heterocycles. The van der Waals surface area contributed by atoms with Crippen LogP contribution in [0.2, 0.25) is 5.02 Å². The summed E-state index contributed by atoms with van der Waals surface area (Å²) in [6.07, 6.45) is 1.76. The zero-order valence-corrected chi connectivity index (χ0v) is 14.6. The van der Waals surface area contributed by atoms with E-state index >= 15 is 0 Å². The second kappa shape index (κ2) is 5.64. The summed E-state index contributed by atoms with van der Waals surface area (Å²) in [5.41, 5.74) is 3.74. The number of nitrogens with one attached hydrogen (secondary N) is 1. The molecule has 6 nitrogen and oxygen atoms in total. The van der Waals surface area contributed by atoms with Crippen LogP contribution in [0.3, 0.4) is 0 Å². The highest BCUT2D eigenvalue weighted by molar-refractivity contribution is 6.33. The predicted octanol–water partition coefficient (Wildman–Crippen LogP) is 4.39. The molecule has 7 heteroatoms. The van der Waals surface area contributed by atoms with E-state index in [0.29, 0.717) is 22.6 Å². The third kappa shape index (κ3) is 2.34. The lowest BCUT2D eigenvalue weighted by atomic mass is 10.1. The fourth-order valence-electron chi connectivity index (χ4n) is 3.00. The number of halogens is 1. The van der Waals surface area contributed by atoms with Gasteiger partial charge in [-0.05, 0) is 36.8 Å². The summed E-state index contributed by atoms with van der Waals surface area (Å²) in [6, 6.07) is 15.7. The Morgan fingerprint density at radius 3 is 2.81 bits per heavy atom. The van der Waals surface area contributed by atoms with Gasteiger partial charge in [0.15, 0.2) is 5.82 Å². The number of anilines is 2. The molecule has 0 amide bonds. The molecule has 2 aromatic carbocycles. The first kappa shape index (κ1) is 15.0. The molecule has 0 saturated carbocycles. The number of pyridine rings is 1. The summed E-state index contributed by atoms with van der Waals surface area (Å²) in [4.78, 5) is 4.73. The van der Waals surface area contributed by atoms with Crippen molar-refractivity contribution in [3.8, 4) is 11.4 Å². The van der Waals surface area contributed by atoms with Gasteiger partial charge in [0, 0.05) is 16.5 Å². The molecule has 5 rings (SSSR count). The number of benzene rings is 2. The first-order chi connectivity index (χ1) is 12.7. The van der Waals surface area contributed by atoms with Gasteiger partial charge in [-0.2, -0.15) is 9.78 Å². The maximum atomic E-state index is 6.31. The largest absolute Gasteiger partial charge is 0.307 e. The van der Waals surface area contributed by atoms with E-state index < -0.39 is 0 Å². The SMILES string of the molecule is Cc1ccc2cc3c(nc2c1)Nc1nnc(-c2ccccc2Cl)n1N=C3. The third-order valence-electron chi connectivity index (χ3n) is 4.30. The molecule has 0 bridgehead atoms. The Bertz CT molecular complexity index is 1190. The topological polar surface area (TPSA) is 68.0 Å². The molecule has 0 unspecified atom stereocenters. The maximum absolute atomic E-state index is 6.31. The second-order valence-corrected chi connectivity index (χ2v) is 6.54. The van der Waals surface area contributed by atoms with Gasteiger partial charge in [-0.3, -0.25) is 0 Å². The van der Waals surface area contributed by atoms with Crippen molar-refractivity contribution in [2.24, 2.45) is 5.10 Å². The molecule has 1 aliphatic rings. The normalized spacial score (nSPS) is 12.4. The lowest BCUT2D eigenvalue weighted by molar-refractivity contribution is 0.901. The van der Waals surface area contributed by atoms with Gasteiger partial charge in [0.05, 0.1) is 16.8 Å². The Morgan fingerprint density at radius 2 is 1.92 bits per heavy atom. The van der Waals surface area contributed by atoms with E-state index in [1.165, 1.54) is 0 Å². The number of aromatic nitrogens is 4. The van der Waals surface area contributed by atoms with Crippen LogP contribution in [0, 0.1) is 6.92 Å². The highest BCUT2D eigenvalue weighted by Crippen LogP contribution is 2.31. The van der Waals surface area contributed by atoms with E-state index in [0.717, 1.165) is 27.6 Å². The van der Waals surface area contributed by atoms with Crippen LogP contribution >= 0.6 is 11.6 Å². The van der Waals surface area contributed by atoms with Crippen molar-refractivity contribution in [1.82, 2.24) is 19.9 Å². The van der Waals surface area contributed by atoms with Crippen LogP contribution in [0.1, 0.15) is 11.1 Å². The number of hydrogen-bond donors (Lipinski definition) is 1. The minimum Gasteiger partial charge on any atom is -0.307 e. The molecular formula is C19H13ClN6. The van der Waals surface area contributed by atoms with E-state index in [1.54, 1.807) is 10.9 Å². The van der Waals surface area contributed by atoms with Crippen molar-refractivity contribution in [2.75, 3.05) is 5.32 Å². The van der Waals surface area contributed by atoms with Crippen LogP contribution in [-0.2, 0) is 0 Å². The number of fused-ring (bicyclic) bond motifs is 3. The summed E-state index contributed by atoms with van der Waals surface area (Å²) in [5.74, 6) is 1.76. The van der Waals surface area contributed by atoms with Crippen molar-refractivity contribution in [1.29, 1.82) is 0 Å². The van der Waals surface area contributed by atoms with E-state index in [1.807, 2.05) is 31.2 Å². The molecule has 1 N–H and O–H groups in total. The summed E-state index contributed by atoms with van der Waals surface area (Å²) in [7, 11) is 0. The van der Waals surface area contributed by atoms with E-state index in [2.05, 4.69) is 44.9 Å². The molecule has 126 valence electrons. The average Bonchev–Trinajstić information content (AvgIpc) is 2.94. The maximum Gasteiger partial charge on any atom is 0.251 e. The van der Waals surface area contributed by atoms with Crippen LogP contribution in [0.25, 0.3) is 22.3 Å². The van der Waals surface area contributed by atoms with Gasteiger partial charge in [0.1, 0.15) is 5.82 Å². The summed E-state index contributed by atoms with van der Waals surface area (Å²) < 4.78 is 1.64. The van der Waals surface area contributed by atoms with Crippen molar-refractivity contribution in [3.63, 3.8) is 0 Å². The van der Waals surface area contributed by atoms with E-state index in [4.69, 9.17) is 16.6 Å². The summed E-state index contributed by atoms with van der Waals surface area (Å²) in [5, 5.41) is 17.9. The van der Waals surface area contributed by atoms with Gasteiger partial charge >= 0.3 is 0 Å². The monoisotopic (exact) mass is 360 g/mol. The van der Waals surface area contributed by atoms with E-state index in [-0.39, 0.29) is 0 Å². The highest BCUT2D eigenvalue weighted by atomic mass is 35.5. The molecule has 0 spiro atoms. The molecule has 26 heavy (non-hydrogen) atoms. The fourth-order valence-corrected chi connectivity index (χ4v) is 3.22. The summed E-state index contributed by atoms with van der Waals surface area (Å²) in [6.45, 7) is 2.05. The molecule has 0 atom stereocenters. The van der Waals surface area contributed by atoms with Gasteiger partial charge < -0.3 is 5.32 Å². The lowest BCUT2D eigenvalue weighted by Gasteiger charge is -2.07. The lowest BCUT2D eigenvalue weighted by Crippen LogP contribution is -2.01. The Hall–Kier alpha value is -3.25. The smallest absolute Gasteiger partial charge is 0.251 e. The van der Waals surface area contributed by atoms with Crippen molar-refractivity contribution < 1.29 is 0 Å². The van der Waals surface area contributed by atoms with Gasteiger partial charge in [0.25, 0.3) is 5.95 Å². The number of hydrogen-bond acceptors (Lipinski definition) is 5. The number of rotatable bonds is 1. The average molecular weight is 361 g/mol. The fraction of sp³-hybridized carbons (Fsp3) is 0.0526. The third-order valence-corrected chi connectivity index (χ3v) is 4.63. The van der Waals surface area contributed by atoms with Gasteiger partial charge in [-0.15, -0.1) is 10.2 Å². The molecule has 0 aliphatic carbocycles. The first-order valence-corrected chi connectivity index (χ1v) is 8.50. The molecule has 4 aromatic rings. The van der Waals surface area contributed by atoms with E-state index in [9.17, 15) is 0 Å². The molecule has 1 aliphatic heterocycles. The van der Waals surface area contributed by atoms with Crippen molar-refractivity contribution >= 4 is 40.5 Å². The Balaban J connectivity index is 1.66. The predicted molar refractivity (Wildman–Crippen MR) is 103 cm³/mol. The van der Waals surface area contributed by atoms with Gasteiger partial charge in [-0.25, -0.2) is 4.98 Å². The van der Waals surface area contributed by atoms with Gasteiger partial charge in [0.2, 0.25) is 0 Å². The summed E-state index contributed by atoms with van der Waals surface area (Å²) >= 11 is 6.31. The molecular weight excluding hydrogens is 348 g/mol. The minimum absolute atomic E-state index is 0.495. The number of nitrogens with zero attached hydrogens (tertiary/aromatic N) is 5. The van der Waals surface area contributed by atoms with Crippen LogP contribution in [-0.4, -0.2) is 26.1 Å². The molecule has 0 fully saturated rings. The Kier molecular flexibility index (Phi) is 3.26. The van der Waals surface area contributed by atoms with Crippen LogP contribution in [0.4, 0.5) is 11.8 Å². The zero-order valence-electron chi connectivity index (χ0n) is 13.8. The Morgan fingerprint density at radius 1 is 1.04 bits per heavy atom. The van der Waals surface area contributed by atoms with Crippen LogP contribution < -0.4 is 5.32 Å². The zero-order chi connectivity index (χ0) is 17.7. The van der Waals surface area contributed by atoms with Gasteiger partial charge in [-0.1, -0.05) is 35.9 Å². The van der Waals surface area contributed by atoms with Crippen LogP contribution in [0.5, 0.6) is 0 Å². The Labute approximate surface area is 154 Å². The first-order valence-electron chi connectivity index (χ1n) is 8.12. The molecule has 2 aromatic heterocycles.